The zero-order valence-corrected chi connectivity index (χ0v) is 21.2. The van der Waals surface area contributed by atoms with Crippen LogP contribution in [0, 0.1) is 40.9 Å². The van der Waals surface area contributed by atoms with E-state index in [1.165, 1.54) is 4.90 Å². The lowest BCUT2D eigenvalue weighted by atomic mass is 9.64. The van der Waals surface area contributed by atoms with Crippen molar-refractivity contribution in [3.63, 3.8) is 0 Å². The smallest absolute Gasteiger partial charge is 0.315 e. The number of hydrogen-bond acceptors (Lipinski definition) is 5. The van der Waals surface area contributed by atoms with Crippen molar-refractivity contribution in [1.29, 1.82) is 0 Å². The van der Waals surface area contributed by atoms with E-state index in [9.17, 15) is 32.8 Å². The number of hydrogen-bond donors (Lipinski definition) is 4. The van der Waals surface area contributed by atoms with E-state index in [2.05, 4.69) is 10.6 Å². The summed E-state index contributed by atoms with van der Waals surface area (Å²) in [4.78, 5) is 66.4. The monoisotopic (exact) mass is 523 g/mol. The fourth-order valence-corrected chi connectivity index (χ4v) is 7.21. The zero-order valence-electron chi connectivity index (χ0n) is 21.2. The van der Waals surface area contributed by atoms with Crippen molar-refractivity contribution in [3.05, 3.63) is 12.2 Å². The summed E-state index contributed by atoms with van der Waals surface area (Å²) in [5.41, 5.74) is 9.07. The third-order valence-corrected chi connectivity index (χ3v) is 8.79. The highest BCUT2D eigenvalue weighted by Gasteiger charge is 2.70. The van der Waals surface area contributed by atoms with Crippen LogP contribution >= 0.6 is 0 Å². The van der Waals surface area contributed by atoms with Crippen LogP contribution in [0.4, 0.5) is 8.78 Å². The van der Waals surface area contributed by atoms with Crippen molar-refractivity contribution in [3.8, 4) is 0 Å². The predicted molar refractivity (Wildman–Crippen MR) is 127 cm³/mol. The van der Waals surface area contributed by atoms with Gasteiger partial charge in [-0.3, -0.25) is 24.0 Å². The van der Waals surface area contributed by atoms with E-state index < -0.39 is 64.8 Å². The summed E-state index contributed by atoms with van der Waals surface area (Å²) < 4.78 is 26.4. The molecule has 37 heavy (non-hydrogen) atoms. The molecule has 3 fully saturated rings. The number of nitrogens with one attached hydrogen (secondary N) is 2. The predicted octanol–water partition coefficient (Wildman–Crippen LogP) is -0.0853. The van der Waals surface area contributed by atoms with Crippen LogP contribution in [-0.2, 0) is 24.0 Å². The lowest BCUT2D eigenvalue weighted by Crippen LogP contribution is -2.70. The van der Waals surface area contributed by atoms with Gasteiger partial charge in [0.15, 0.2) is 0 Å². The number of carbonyl (C=O) groups excluding carboxylic acids is 5. The molecule has 204 valence electrons. The first-order valence-corrected chi connectivity index (χ1v) is 12.7. The Labute approximate surface area is 213 Å². The van der Waals surface area contributed by atoms with Gasteiger partial charge in [-0.15, -0.1) is 0 Å². The summed E-state index contributed by atoms with van der Waals surface area (Å²) in [5.74, 6) is -7.20. The Morgan fingerprint density at radius 3 is 2.35 bits per heavy atom. The first-order chi connectivity index (χ1) is 17.2. The molecule has 12 heteroatoms. The van der Waals surface area contributed by atoms with Crippen molar-refractivity contribution in [2.45, 2.75) is 58.0 Å². The maximum absolute atomic E-state index is 14.2. The molecule has 6 N–H and O–H groups in total. The largest absolute Gasteiger partial charge is 0.369 e. The minimum absolute atomic E-state index is 0.0403. The minimum atomic E-state index is -3.35. The van der Waals surface area contributed by atoms with Gasteiger partial charge in [0, 0.05) is 24.9 Å². The molecule has 2 aliphatic carbocycles. The second kappa shape index (κ2) is 9.36. The van der Waals surface area contributed by atoms with Crippen LogP contribution in [0.2, 0.25) is 0 Å². The Balaban J connectivity index is 1.84. The summed E-state index contributed by atoms with van der Waals surface area (Å²) >= 11 is 0. The molecule has 2 bridgehead atoms. The van der Waals surface area contributed by atoms with E-state index in [0.717, 1.165) is 6.42 Å². The number of nitrogens with zero attached hydrogens (tertiary/aromatic N) is 1. The minimum Gasteiger partial charge on any atom is -0.369 e. The molecule has 0 radical (unpaired) electrons. The maximum Gasteiger partial charge on any atom is 0.315 e. The van der Waals surface area contributed by atoms with E-state index in [-0.39, 0.29) is 36.6 Å². The Morgan fingerprint density at radius 1 is 1.19 bits per heavy atom. The number of carbonyl (C=O) groups is 5. The van der Waals surface area contributed by atoms with Crippen molar-refractivity contribution < 1.29 is 32.8 Å². The highest BCUT2D eigenvalue weighted by molar-refractivity contribution is 5.99. The Hall–Kier alpha value is -3.05. The molecule has 2 heterocycles. The second-order valence-electron chi connectivity index (χ2n) is 11.9. The number of alkyl halides is 2. The van der Waals surface area contributed by atoms with Crippen molar-refractivity contribution in [1.82, 2.24) is 15.5 Å². The Bertz CT molecular complexity index is 1040. The molecular weight excluding hydrogens is 488 g/mol. The molecule has 8 atom stereocenters. The van der Waals surface area contributed by atoms with Gasteiger partial charge < -0.3 is 27.0 Å². The average Bonchev–Trinajstić information content (AvgIpc) is 3.56. The summed E-state index contributed by atoms with van der Waals surface area (Å²) in [7, 11) is 0. The average molecular weight is 524 g/mol. The molecule has 2 aliphatic heterocycles. The first kappa shape index (κ1) is 27.0. The van der Waals surface area contributed by atoms with Crippen LogP contribution in [0.15, 0.2) is 12.2 Å². The molecule has 5 amide bonds. The van der Waals surface area contributed by atoms with E-state index in [4.69, 9.17) is 11.5 Å². The normalized spacial score (nSPS) is 33.8. The van der Waals surface area contributed by atoms with Gasteiger partial charge in [-0.2, -0.15) is 8.78 Å². The number of likely N-dealkylation sites (tertiary alicyclic amines) is 1. The van der Waals surface area contributed by atoms with Crippen molar-refractivity contribution in [2.75, 3.05) is 13.1 Å². The highest BCUT2D eigenvalue weighted by atomic mass is 19.3. The molecule has 4 aliphatic rings. The summed E-state index contributed by atoms with van der Waals surface area (Å²) in [5, 5.41) is 4.84. The van der Waals surface area contributed by atoms with Crippen LogP contribution in [0.3, 0.4) is 0 Å². The van der Waals surface area contributed by atoms with Gasteiger partial charge in [0.25, 0.3) is 5.91 Å². The Morgan fingerprint density at radius 2 is 1.84 bits per heavy atom. The van der Waals surface area contributed by atoms with Gasteiger partial charge in [0.05, 0.1) is 5.92 Å². The van der Waals surface area contributed by atoms with Crippen molar-refractivity contribution in [2.24, 2.45) is 52.4 Å². The van der Waals surface area contributed by atoms with Crippen LogP contribution < -0.4 is 22.1 Å². The summed E-state index contributed by atoms with van der Waals surface area (Å²) in [6, 6.07) is -1.43. The molecule has 0 aromatic heterocycles. The van der Waals surface area contributed by atoms with E-state index in [1.54, 1.807) is 20.8 Å². The lowest BCUT2D eigenvalue weighted by Gasteiger charge is -2.47. The molecule has 10 nitrogen and oxygen atoms in total. The molecular formula is C25H35F2N5O5. The van der Waals surface area contributed by atoms with Crippen LogP contribution in [-0.4, -0.2) is 65.5 Å². The third kappa shape index (κ3) is 4.27. The van der Waals surface area contributed by atoms with Crippen LogP contribution in [0.1, 0.15) is 40.0 Å². The fourth-order valence-electron chi connectivity index (χ4n) is 7.21. The molecule has 2 saturated heterocycles. The number of halogens is 2. The van der Waals surface area contributed by atoms with Crippen molar-refractivity contribution >= 4 is 29.5 Å². The van der Waals surface area contributed by atoms with Gasteiger partial charge in [-0.1, -0.05) is 32.9 Å². The van der Waals surface area contributed by atoms with Gasteiger partial charge in [0.2, 0.25) is 23.6 Å². The SMILES string of the molecule is CC(C)(C)[C@H](NC(=O)C(F)F)C(=O)N1CC2C3C=CC(C3)C2C1(C(N)=O)[C@H](C[C@H]1CCNC1=O)C(N)=O. The molecule has 0 aromatic carbocycles. The molecule has 1 saturated carbocycles. The number of nitrogens with two attached hydrogens (primary N) is 2. The third-order valence-electron chi connectivity index (χ3n) is 8.79. The Kier molecular flexibility index (Phi) is 6.83. The topological polar surface area (TPSA) is 165 Å². The standard InChI is InChI=1S/C25H35F2N5O5/c1-24(2,3)17(31-21(35)18(26)27)22(36)32-10-14-11-4-5-12(8-11)16(14)25(32,23(29)37)15(19(28)33)9-13-6-7-30-20(13)34/h4-5,11-18H,6-10H2,1-3H3,(H2,28,33)(H2,29,37)(H,30,34)(H,31,35)/t11?,12?,13-,14?,15-,16?,17-,25?/m1/s1. The summed E-state index contributed by atoms with van der Waals surface area (Å²) in [6.45, 7) is 5.26. The lowest BCUT2D eigenvalue weighted by molar-refractivity contribution is -0.158. The van der Waals surface area contributed by atoms with Gasteiger partial charge in [0.1, 0.15) is 11.6 Å². The fraction of sp³-hybridized carbons (Fsp3) is 0.720. The molecule has 0 aromatic rings. The van der Waals surface area contributed by atoms with E-state index in [1.807, 2.05) is 12.2 Å². The number of rotatable bonds is 8. The van der Waals surface area contributed by atoms with Gasteiger partial charge in [-0.05, 0) is 42.4 Å². The number of fused-ring (bicyclic) bond motifs is 5. The number of allylic oxidation sites excluding steroid dienone is 2. The summed E-state index contributed by atoms with van der Waals surface area (Å²) in [6.07, 6.45) is 1.71. The van der Waals surface area contributed by atoms with Gasteiger partial charge >= 0.3 is 6.43 Å². The van der Waals surface area contributed by atoms with Crippen LogP contribution in [0.25, 0.3) is 0 Å². The molecule has 0 spiro atoms. The number of amides is 5. The number of primary amides is 2. The zero-order chi connectivity index (χ0) is 27.4. The highest BCUT2D eigenvalue weighted by Crippen LogP contribution is 2.60. The quantitative estimate of drug-likeness (QED) is 0.326. The molecule has 4 rings (SSSR count). The second-order valence-corrected chi connectivity index (χ2v) is 11.9. The van der Waals surface area contributed by atoms with Crippen LogP contribution in [0.5, 0.6) is 0 Å². The molecule has 5 unspecified atom stereocenters. The maximum atomic E-state index is 14.2. The first-order valence-electron chi connectivity index (χ1n) is 12.7. The van der Waals surface area contributed by atoms with E-state index in [0.29, 0.717) is 13.0 Å². The van der Waals surface area contributed by atoms with E-state index >= 15 is 0 Å². The van der Waals surface area contributed by atoms with Gasteiger partial charge in [-0.25, -0.2) is 0 Å².